The van der Waals surface area contributed by atoms with Crippen LogP contribution in [0.4, 0.5) is 5.82 Å². The second-order valence-corrected chi connectivity index (χ2v) is 8.92. The van der Waals surface area contributed by atoms with E-state index in [1.807, 2.05) is 12.1 Å². The van der Waals surface area contributed by atoms with Gasteiger partial charge in [-0.1, -0.05) is 43.7 Å². The monoisotopic (exact) mass is 412 g/mol. The summed E-state index contributed by atoms with van der Waals surface area (Å²) < 4.78 is 0. The maximum atomic E-state index is 12.3. The van der Waals surface area contributed by atoms with Crippen molar-refractivity contribution in [2.75, 3.05) is 24.5 Å². The fourth-order valence-corrected chi connectivity index (χ4v) is 4.48. The average Bonchev–Trinajstić information content (AvgIpc) is 2.74. The van der Waals surface area contributed by atoms with Crippen LogP contribution < -0.4 is 10.2 Å². The van der Waals surface area contributed by atoms with Gasteiger partial charge in [0.15, 0.2) is 5.82 Å². The fourth-order valence-electron chi connectivity index (χ4n) is 3.57. The molecule has 1 saturated heterocycles. The van der Waals surface area contributed by atoms with Gasteiger partial charge in [0.2, 0.25) is 5.91 Å². The molecule has 5 nitrogen and oxygen atoms in total. The van der Waals surface area contributed by atoms with Gasteiger partial charge in [-0.2, -0.15) is 0 Å². The van der Waals surface area contributed by atoms with Gasteiger partial charge in [-0.15, -0.1) is 10.2 Å². The van der Waals surface area contributed by atoms with Gasteiger partial charge < -0.3 is 10.2 Å². The molecule has 3 rings (SSSR count). The van der Waals surface area contributed by atoms with Gasteiger partial charge in [-0.05, 0) is 62.4 Å². The summed E-state index contributed by atoms with van der Waals surface area (Å²) in [6, 6.07) is 10.5. The molecule has 2 heterocycles. The summed E-state index contributed by atoms with van der Waals surface area (Å²) in [5.41, 5.74) is 2.50. The zero-order valence-electron chi connectivity index (χ0n) is 17.8. The summed E-state index contributed by atoms with van der Waals surface area (Å²) in [4.78, 5) is 15.8. The number of anilines is 1. The summed E-state index contributed by atoms with van der Waals surface area (Å²) >= 11 is 1.65. The minimum Gasteiger partial charge on any atom is -0.356 e. The van der Waals surface area contributed by atoms with Gasteiger partial charge in [0.05, 0.1) is 0 Å². The third kappa shape index (κ3) is 6.20. The first-order valence-electron chi connectivity index (χ1n) is 10.7. The van der Waals surface area contributed by atoms with Crippen LogP contribution in [0.1, 0.15) is 50.2 Å². The van der Waals surface area contributed by atoms with Crippen molar-refractivity contribution >= 4 is 23.5 Å². The van der Waals surface area contributed by atoms with Gasteiger partial charge in [-0.25, -0.2) is 0 Å². The molecule has 0 saturated carbocycles. The number of carbonyl (C=O) groups is 1. The molecule has 1 aliphatic heterocycles. The predicted molar refractivity (Wildman–Crippen MR) is 120 cm³/mol. The third-order valence-corrected chi connectivity index (χ3v) is 6.54. The molecule has 0 unspecified atom stereocenters. The average molecular weight is 413 g/mol. The van der Waals surface area contributed by atoms with Gasteiger partial charge in [-0.3, -0.25) is 4.79 Å². The molecule has 1 N–H and O–H groups in total. The lowest BCUT2D eigenvalue weighted by atomic mass is 9.96. The first-order valence-corrected chi connectivity index (χ1v) is 11.5. The van der Waals surface area contributed by atoms with Crippen LogP contribution in [0.15, 0.2) is 40.3 Å². The highest BCUT2D eigenvalue weighted by Crippen LogP contribution is 2.30. The lowest BCUT2D eigenvalue weighted by Gasteiger charge is -2.31. The van der Waals surface area contributed by atoms with Crippen molar-refractivity contribution < 1.29 is 4.79 Å². The van der Waals surface area contributed by atoms with E-state index in [1.165, 1.54) is 28.9 Å². The Labute approximate surface area is 178 Å². The number of hydrogen-bond donors (Lipinski definition) is 1. The number of piperidine rings is 1. The molecular formula is C23H32N4OS. The van der Waals surface area contributed by atoms with E-state index in [4.69, 9.17) is 0 Å². The Morgan fingerprint density at radius 3 is 2.62 bits per heavy atom. The maximum Gasteiger partial charge on any atom is 0.223 e. The smallest absolute Gasteiger partial charge is 0.223 e. The molecule has 1 fully saturated rings. The van der Waals surface area contributed by atoms with E-state index in [9.17, 15) is 4.79 Å². The van der Waals surface area contributed by atoms with Gasteiger partial charge in [0, 0.05) is 30.4 Å². The van der Waals surface area contributed by atoms with Crippen LogP contribution in [-0.4, -0.2) is 35.7 Å². The first kappa shape index (κ1) is 21.6. The van der Waals surface area contributed by atoms with Crippen molar-refractivity contribution in [2.24, 2.45) is 5.92 Å². The molecule has 156 valence electrons. The lowest BCUT2D eigenvalue weighted by Crippen LogP contribution is -2.41. The van der Waals surface area contributed by atoms with Crippen molar-refractivity contribution in [3.8, 4) is 0 Å². The number of carbonyl (C=O) groups excluding carboxylic acids is 1. The summed E-state index contributed by atoms with van der Waals surface area (Å²) in [5, 5.41) is 12.9. The minimum atomic E-state index is 0.125. The molecular weight excluding hydrogens is 380 g/mol. The van der Waals surface area contributed by atoms with E-state index in [2.05, 4.69) is 59.4 Å². The molecule has 1 aromatic carbocycles. The van der Waals surface area contributed by atoms with E-state index in [0.29, 0.717) is 0 Å². The highest BCUT2D eigenvalue weighted by Gasteiger charge is 2.25. The van der Waals surface area contributed by atoms with E-state index < -0.39 is 0 Å². The number of aromatic nitrogens is 2. The van der Waals surface area contributed by atoms with Crippen LogP contribution >= 0.6 is 11.8 Å². The molecule has 29 heavy (non-hydrogen) atoms. The molecule has 0 aliphatic carbocycles. The van der Waals surface area contributed by atoms with Crippen LogP contribution in [0.5, 0.6) is 0 Å². The molecule has 0 spiro atoms. The molecule has 0 radical (unpaired) electrons. The molecule has 1 aromatic heterocycles. The molecule has 1 amide bonds. The van der Waals surface area contributed by atoms with E-state index >= 15 is 0 Å². The predicted octanol–water partition coefficient (Wildman–Crippen LogP) is 4.77. The van der Waals surface area contributed by atoms with Crippen molar-refractivity contribution in [1.82, 2.24) is 15.5 Å². The van der Waals surface area contributed by atoms with E-state index in [0.717, 1.165) is 49.7 Å². The number of rotatable bonds is 8. The van der Waals surface area contributed by atoms with Gasteiger partial charge in [0.25, 0.3) is 0 Å². The number of hydrogen-bond acceptors (Lipinski definition) is 5. The Balaban J connectivity index is 1.50. The zero-order valence-corrected chi connectivity index (χ0v) is 18.6. The topological polar surface area (TPSA) is 58.1 Å². The third-order valence-electron chi connectivity index (χ3n) is 5.45. The maximum absolute atomic E-state index is 12.3. The number of nitrogens with one attached hydrogen (secondary N) is 1. The molecule has 0 atom stereocenters. The van der Waals surface area contributed by atoms with Crippen LogP contribution in [0, 0.1) is 19.8 Å². The van der Waals surface area contributed by atoms with Crippen LogP contribution in [0.2, 0.25) is 0 Å². The minimum absolute atomic E-state index is 0.125. The SMILES string of the molecule is CCCCCNC(=O)C1CCN(c2ccc(Sc3cc(C)ccc3C)nn2)CC1. The standard InChI is InChI=1S/C23H32N4OS/c1-4-5-6-13-24-23(28)19-11-14-27(15-12-19)21-9-10-22(26-25-21)29-20-16-17(2)7-8-18(20)3/h7-10,16,19H,4-6,11-15H2,1-3H3,(H,24,28). The fraction of sp³-hybridized carbons (Fsp3) is 0.522. The quantitative estimate of drug-likeness (QED) is 0.633. The largest absolute Gasteiger partial charge is 0.356 e. The summed E-state index contributed by atoms with van der Waals surface area (Å²) in [5.74, 6) is 1.24. The normalized spacial score (nSPS) is 14.8. The summed E-state index contributed by atoms with van der Waals surface area (Å²) in [6.45, 7) is 8.91. The highest BCUT2D eigenvalue weighted by atomic mass is 32.2. The Morgan fingerprint density at radius 1 is 1.14 bits per heavy atom. The second-order valence-electron chi connectivity index (χ2n) is 7.86. The van der Waals surface area contributed by atoms with E-state index in [1.54, 1.807) is 11.8 Å². The number of nitrogens with zero attached hydrogens (tertiary/aromatic N) is 3. The van der Waals surface area contributed by atoms with E-state index in [-0.39, 0.29) is 11.8 Å². The Hall–Kier alpha value is -2.08. The van der Waals surface area contributed by atoms with Crippen LogP contribution in [0.25, 0.3) is 0 Å². The zero-order chi connectivity index (χ0) is 20.6. The highest BCUT2D eigenvalue weighted by molar-refractivity contribution is 7.99. The first-order chi connectivity index (χ1) is 14.1. The molecule has 6 heteroatoms. The Kier molecular flexibility index (Phi) is 7.92. The lowest BCUT2D eigenvalue weighted by molar-refractivity contribution is -0.125. The second kappa shape index (κ2) is 10.6. The van der Waals surface area contributed by atoms with Crippen LogP contribution in [0.3, 0.4) is 0 Å². The number of aryl methyl sites for hydroxylation is 2. The van der Waals surface area contributed by atoms with Gasteiger partial charge in [0.1, 0.15) is 5.03 Å². The number of benzene rings is 1. The number of unbranched alkanes of at least 4 members (excludes halogenated alkanes) is 2. The van der Waals surface area contributed by atoms with Gasteiger partial charge >= 0.3 is 0 Å². The Bertz CT molecular complexity index is 801. The molecule has 0 bridgehead atoms. The summed E-state index contributed by atoms with van der Waals surface area (Å²) in [7, 11) is 0. The van der Waals surface area contributed by atoms with Crippen molar-refractivity contribution in [1.29, 1.82) is 0 Å². The molecule has 2 aromatic rings. The van der Waals surface area contributed by atoms with Crippen molar-refractivity contribution in [3.05, 3.63) is 41.5 Å². The van der Waals surface area contributed by atoms with Crippen molar-refractivity contribution in [3.63, 3.8) is 0 Å². The van der Waals surface area contributed by atoms with Crippen molar-refractivity contribution in [2.45, 2.75) is 62.8 Å². The summed E-state index contributed by atoms with van der Waals surface area (Å²) in [6.07, 6.45) is 5.18. The van der Waals surface area contributed by atoms with Crippen LogP contribution in [-0.2, 0) is 4.79 Å². The molecule has 1 aliphatic rings. The number of amides is 1. The Morgan fingerprint density at radius 2 is 1.93 bits per heavy atom.